The Labute approximate surface area is 64.5 Å². The van der Waals surface area contributed by atoms with Crippen LogP contribution in [0.2, 0.25) is 0 Å². The standard InChI is InChI=1S/C6H11N3O2/c1-4(10)2-5(11)3-9-6(7)8/h2-3H2,1H3,(H4,7,8,9). The van der Waals surface area contributed by atoms with Crippen LogP contribution < -0.4 is 11.5 Å². The smallest absolute Gasteiger partial charge is 0.186 e. The molecule has 0 aromatic carbocycles. The Hall–Kier alpha value is -1.39. The number of aliphatic imine (C=N–C) groups is 1. The molecule has 0 saturated carbocycles. The number of rotatable bonds is 4. The highest BCUT2D eigenvalue weighted by atomic mass is 16.1. The normalized spacial score (nSPS) is 8.82. The topological polar surface area (TPSA) is 98.5 Å². The molecule has 0 heterocycles. The molecule has 0 radical (unpaired) electrons. The average Bonchev–Trinajstić information content (AvgIpc) is 1.82. The van der Waals surface area contributed by atoms with Gasteiger partial charge in [0, 0.05) is 0 Å². The Balaban J connectivity index is 3.71. The molecular formula is C6H11N3O2. The van der Waals surface area contributed by atoms with Gasteiger partial charge in [-0.05, 0) is 6.92 Å². The Morgan fingerprint density at radius 2 is 1.91 bits per heavy atom. The molecule has 0 rings (SSSR count). The van der Waals surface area contributed by atoms with Crippen molar-refractivity contribution in [2.24, 2.45) is 16.5 Å². The Morgan fingerprint density at radius 1 is 1.36 bits per heavy atom. The first-order valence-corrected chi connectivity index (χ1v) is 3.09. The fraction of sp³-hybridized carbons (Fsp3) is 0.500. The van der Waals surface area contributed by atoms with E-state index in [0.29, 0.717) is 0 Å². The van der Waals surface area contributed by atoms with Gasteiger partial charge in [-0.25, -0.2) is 4.99 Å². The predicted molar refractivity (Wildman–Crippen MR) is 41.0 cm³/mol. The van der Waals surface area contributed by atoms with E-state index in [1.165, 1.54) is 6.92 Å². The summed E-state index contributed by atoms with van der Waals surface area (Å²) in [6.45, 7) is 1.23. The first-order chi connectivity index (χ1) is 5.02. The minimum absolute atomic E-state index is 0.100. The van der Waals surface area contributed by atoms with Crippen LogP contribution in [-0.4, -0.2) is 24.1 Å². The van der Waals surface area contributed by atoms with Gasteiger partial charge >= 0.3 is 0 Å². The van der Waals surface area contributed by atoms with E-state index < -0.39 is 0 Å². The summed E-state index contributed by atoms with van der Waals surface area (Å²) in [4.78, 5) is 24.5. The van der Waals surface area contributed by atoms with Gasteiger partial charge < -0.3 is 11.5 Å². The van der Waals surface area contributed by atoms with Crippen molar-refractivity contribution < 1.29 is 9.59 Å². The number of nitrogens with two attached hydrogens (primary N) is 2. The number of carbonyl (C=O) groups is 2. The maximum atomic E-state index is 10.7. The monoisotopic (exact) mass is 157 g/mol. The molecular weight excluding hydrogens is 146 g/mol. The van der Waals surface area contributed by atoms with E-state index in [4.69, 9.17) is 11.5 Å². The van der Waals surface area contributed by atoms with Crippen molar-refractivity contribution >= 4 is 17.5 Å². The van der Waals surface area contributed by atoms with E-state index >= 15 is 0 Å². The van der Waals surface area contributed by atoms with Gasteiger partial charge in [0.05, 0.1) is 6.42 Å². The lowest BCUT2D eigenvalue weighted by molar-refractivity contribution is -0.125. The number of ketones is 2. The summed E-state index contributed by atoms with van der Waals surface area (Å²) >= 11 is 0. The van der Waals surface area contributed by atoms with Gasteiger partial charge in [0.1, 0.15) is 12.3 Å². The number of hydrogen-bond acceptors (Lipinski definition) is 3. The third-order valence-corrected chi connectivity index (χ3v) is 0.884. The van der Waals surface area contributed by atoms with Gasteiger partial charge in [-0.3, -0.25) is 9.59 Å². The molecule has 0 spiro atoms. The Kier molecular flexibility index (Phi) is 3.87. The maximum absolute atomic E-state index is 10.7. The van der Waals surface area contributed by atoms with Crippen molar-refractivity contribution in [1.29, 1.82) is 0 Å². The highest BCUT2D eigenvalue weighted by Crippen LogP contribution is 1.85. The van der Waals surface area contributed by atoms with Crippen molar-refractivity contribution in [2.45, 2.75) is 13.3 Å². The first-order valence-electron chi connectivity index (χ1n) is 3.09. The molecule has 0 bridgehead atoms. The van der Waals surface area contributed by atoms with Gasteiger partial charge in [0.2, 0.25) is 0 Å². The molecule has 0 fully saturated rings. The molecule has 0 aliphatic rings. The molecule has 0 unspecified atom stereocenters. The van der Waals surface area contributed by atoms with Crippen LogP contribution in [0.3, 0.4) is 0 Å². The second-order valence-electron chi connectivity index (χ2n) is 2.16. The van der Waals surface area contributed by atoms with E-state index in [2.05, 4.69) is 4.99 Å². The highest BCUT2D eigenvalue weighted by Gasteiger charge is 2.03. The average molecular weight is 157 g/mol. The van der Waals surface area contributed by atoms with Gasteiger partial charge in [-0.1, -0.05) is 0 Å². The molecule has 0 aliphatic heterocycles. The van der Waals surface area contributed by atoms with E-state index in [1.807, 2.05) is 0 Å². The molecule has 5 nitrogen and oxygen atoms in total. The van der Waals surface area contributed by atoms with Crippen LogP contribution in [0.25, 0.3) is 0 Å². The van der Waals surface area contributed by atoms with E-state index in [0.717, 1.165) is 0 Å². The van der Waals surface area contributed by atoms with Crippen molar-refractivity contribution in [3.8, 4) is 0 Å². The summed E-state index contributed by atoms with van der Waals surface area (Å²) in [5.41, 5.74) is 9.92. The van der Waals surface area contributed by atoms with Gasteiger partial charge in [-0.2, -0.15) is 0 Å². The second-order valence-corrected chi connectivity index (χ2v) is 2.16. The third kappa shape index (κ3) is 6.50. The predicted octanol–water partition coefficient (Wildman–Crippen LogP) is -1.19. The van der Waals surface area contributed by atoms with Crippen molar-refractivity contribution in [1.82, 2.24) is 0 Å². The number of carbonyl (C=O) groups excluding carboxylic acids is 2. The van der Waals surface area contributed by atoms with Crippen LogP contribution in [0, 0.1) is 0 Å². The molecule has 62 valence electrons. The van der Waals surface area contributed by atoms with Crippen LogP contribution in [-0.2, 0) is 9.59 Å². The van der Waals surface area contributed by atoms with Crippen LogP contribution in [0.15, 0.2) is 4.99 Å². The maximum Gasteiger partial charge on any atom is 0.186 e. The summed E-state index contributed by atoms with van der Waals surface area (Å²) in [5.74, 6) is -0.589. The van der Waals surface area contributed by atoms with Crippen LogP contribution in [0.5, 0.6) is 0 Å². The number of nitrogens with zero attached hydrogens (tertiary/aromatic N) is 1. The number of Topliss-reactive ketones (excluding diaryl/α,β-unsaturated/α-hetero) is 2. The lowest BCUT2D eigenvalue weighted by Crippen LogP contribution is -2.24. The van der Waals surface area contributed by atoms with Gasteiger partial charge in [0.15, 0.2) is 11.7 Å². The summed E-state index contributed by atoms with van der Waals surface area (Å²) < 4.78 is 0. The van der Waals surface area contributed by atoms with Crippen LogP contribution in [0.4, 0.5) is 0 Å². The van der Waals surface area contributed by atoms with Crippen LogP contribution in [0.1, 0.15) is 13.3 Å². The molecule has 0 aromatic rings. The van der Waals surface area contributed by atoms with Gasteiger partial charge in [0.25, 0.3) is 0 Å². The molecule has 0 amide bonds. The lowest BCUT2D eigenvalue weighted by Gasteiger charge is -1.92. The van der Waals surface area contributed by atoms with E-state index in [-0.39, 0.29) is 30.5 Å². The molecule has 0 saturated heterocycles. The summed E-state index contributed by atoms with van der Waals surface area (Å²) in [5, 5.41) is 0. The van der Waals surface area contributed by atoms with E-state index in [1.54, 1.807) is 0 Å². The molecule has 0 aliphatic carbocycles. The Morgan fingerprint density at radius 3 is 2.27 bits per heavy atom. The van der Waals surface area contributed by atoms with Crippen molar-refractivity contribution in [3.05, 3.63) is 0 Å². The van der Waals surface area contributed by atoms with Crippen molar-refractivity contribution in [3.63, 3.8) is 0 Å². The second kappa shape index (κ2) is 4.43. The third-order valence-electron chi connectivity index (χ3n) is 0.884. The Bertz CT molecular complexity index is 194. The van der Waals surface area contributed by atoms with Crippen LogP contribution >= 0.6 is 0 Å². The minimum atomic E-state index is -0.272. The SMILES string of the molecule is CC(=O)CC(=O)CN=C(N)N. The fourth-order valence-electron chi connectivity index (χ4n) is 0.513. The largest absolute Gasteiger partial charge is 0.370 e. The molecule has 5 heteroatoms. The highest BCUT2D eigenvalue weighted by molar-refractivity contribution is 5.99. The molecule has 11 heavy (non-hydrogen) atoms. The van der Waals surface area contributed by atoms with Crippen molar-refractivity contribution in [2.75, 3.05) is 6.54 Å². The summed E-state index contributed by atoms with van der Waals surface area (Å²) in [6, 6.07) is 0. The first kappa shape index (κ1) is 9.61. The summed E-state index contributed by atoms with van der Waals surface area (Å²) in [7, 11) is 0. The van der Waals surface area contributed by atoms with Gasteiger partial charge in [-0.15, -0.1) is 0 Å². The summed E-state index contributed by atoms with van der Waals surface area (Å²) in [6.07, 6.45) is -0.100. The minimum Gasteiger partial charge on any atom is -0.370 e. The number of guanidine groups is 1. The zero-order chi connectivity index (χ0) is 8.85. The molecule has 4 N–H and O–H groups in total. The molecule has 0 atom stereocenters. The van der Waals surface area contributed by atoms with E-state index in [9.17, 15) is 9.59 Å². The number of hydrogen-bond donors (Lipinski definition) is 2. The fourth-order valence-corrected chi connectivity index (χ4v) is 0.513. The quantitative estimate of drug-likeness (QED) is 0.304. The zero-order valence-electron chi connectivity index (χ0n) is 6.33. The lowest BCUT2D eigenvalue weighted by atomic mass is 10.2. The zero-order valence-corrected chi connectivity index (χ0v) is 6.33. The molecule has 0 aromatic heterocycles.